The summed E-state index contributed by atoms with van der Waals surface area (Å²) in [5.41, 5.74) is 5.48. The Morgan fingerprint density at radius 3 is 2.69 bits per heavy atom. The van der Waals surface area contributed by atoms with Crippen molar-refractivity contribution in [1.82, 2.24) is 19.7 Å². The highest BCUT2D eigenvalue weighted by Gasteiger charge is 2.28. The van der Waals surface area contributed by atoms with Gasteiger partial charge in [-0.1, -0.05) is 12.1 Å². The zero-order valence-electron chi connectivity index (χ0n) is 23.5. The number of benzene rings is 1. The summed E-state index contributed by atoms with van der Waals surface area (Å²) in [5.74, 6) is 1.76. The van der Waals surface area contributed by atoms with Gasteiger partial charge in [-0.15, -0.1) is 11.3 Å². The molecule has 6 heterocycles. The third-order valence-electron chi connectivity index (χ3n) is 7.89. The molecule has 7 rings (SSSR count). The molecule has 12 heteroatoms. The fraction of sp³-hybridized carbons (Fsp3) is 0.333. The number of fused-ring (bicyclic) bond motifs is 1. The standard InChI is InChI=1S/C30H31N7O4S/c1-19-21(14-35(2)23-16-40-17-23)15-37(34-19)26-7-8-31-30(33-26)32-22-5-3-20(4-6-22)24-18-42-29-25(38)13-27(41-28(24)29)36-9-11-39-12-10-36/h3-8,13,15,18,23H,9-12,14,16-17H2,1-2H3,(H,31,32,33)/p+1. The van der Waals surface area contributed by atoms with Crippen LogP contribution >= 0.6 is 11.3 Å². The molecular weight excluding hydrogens is 554 g/mol. The summed E-state index contributed by atoms with van der Waals surface area (Å²) in [5, 5.41) is 9.98. The molecular formula is C30H32N7O4S+. The van der Waals surface area contributed by atoms with Gasteiger partial charge < -0.3 is 29.0 Å². The summed E-state index contributed by atoms with van der Waals surface area (Å²) in [7, 11) is 2.20. The number of thiophene rings is 1. The Bertz CT molecular complexity index is 1770. The summed E-state index contributed by atoms with van der Waals surface area (Å²) in [6, 6.07) is 11.9. The van der Waals surface area contributed by atoms with Crippen molar-refractivity contribution in [3.8, 4) is 16.9 Å². The number of ether oxygens (including phenoxy) is 2. The smallest absolute Gasteiger partial charge is 0.229 e. The molecule has 42 heavy (non-hydrogen) atoms. The highest BCUT2D eigenvalue weighted by molar-refractivity contribution is 7.17. The molecule has 0 saturated carbocycles. The van der Waals surface area contributed by atoms with Gasteiger partial charge in [0.2, 0.25) is 11.4 Å². The predicted octanol–water partition coefficient (Wildman–Crippen LogP) is 2.80. The lowest BCUT2D eigenvalue weighted by atomic mass is 10.1. The molecule has 1 unspecified atom stereocenters. The van der Waals surface area contributed by atoms with Gasteiger partial charge in [0, 0.05) is 59.8 Å². The van der Waals surface area contributed by atoms with E-state index >= 15 is 0 Å². The first-order valence-corrected chi connectivity index (χ1v) is 14.9. The Balaban J connectivity index is 1.08. The molecule has 2 saturated heterocycles. The summed E-state index contributed by atoms with van der Waals surface area (Å²) < 4.78 is 19.5. The topological polar surface area (TPSA) is 112 Å². The molecule has 2 fully saturated rings. The molecule has 2 aliphatic heterocycles. The minimum Gasteiger partial charge on any atom is -0.439 e. The maximum atomic E-state index is 12.8. The average molecular weight is 587 g/mol. The Labute approximate surface area is 246 Å². The second-order valence-electron chi connectivity index (χ2n) is 10.7. The third kappa shape index (κ3) is 5.29. The van der Waals surface area contributed by atoms with Crippen LogP contribution in [-0.2, 0) is 16.0 Å². The summed E-state index contributed by atoms with van der Waals surface area (Å²) in [6.07, 6.45) is 3.78. The van der Waals surface area contributed by atoms with Gasteiger partial charge in [-0.25, -0.2) is 9.67 Å². The molecule has 4 aromatic heterocycles. The maximum Gasteiger partial charge on any atom is 0.229 e. The van der Waals surface area contributed by atoms with E-state index in [1.807, 2.05) is 53.5 Å². The Morgan fingerprint density at radius 1 is 1.12 bits per heavy atom. The number of hydrogen-bond donors (Lipinski definition) is 2. The summed E-state index contributed by atoms with van der Waals surface area (Å²) in [6.45, 7) is 7.20. The number of nitrogens with zero attached hydrogens (tertiary/aromatic N) is 5. The molecule has 0 radical (unpaired) electrons. The van der Waals surface area contributed by atoms with Crippen LogP contribution in [-0.4, -0.2) is 72.4 Å². The fourth-order valence-corrected chi connectivity index (χ4v) is 6.13. The maximum absolute atomic E-state index is 12.8. The number of morpholine rings is 1. The normalized spacial score (nSPS) is 16.5. The minimum atomic E-state index is -0.0231. The highest BCUT2D eigenvalue weighted by Crippen LogP contribution is 2.35. The van der Waals surface area contributed by atoms with Crippen molar-refractivity contribution in [3.05, 3.63) is 75.7 Å². The quantitative estimate of drug-likeness (QED) is 0.284. The van der Waals surface area contributed by atoms with Crippen molar-refractivity contribution in [2.75, 3.05) is 56.8 Å². The molecule has 1 atom stereocenters. The Kier molecular flexibility index (Phi) is 7.20. The predicted molar refractivity (Wildman–Crippen MR) is 161 cm³/mol. The van der Waals surface area contributed by atoms with Crippen molar-refractivity contribution in [3.63, 3.8) is 0 Å². The van der Waals surface area contributed by atoms with Crippen molar-refractivity contribution in [2.24, 2.45) is 0 Å². The Hall–Kier alpha value is -4.10. The second-order valence-corrected chi connectivity index (χ2v) is 11.6. The first-order valence-electron chi connectivity index (χ1n) is 14.1. The second kappa shape index (κ2) is 11.3. The third-order valence-corrected chi connectivity index (χ3v) is 8.86. The van der Waals surface area contributed by atoms with Crippen LogP contribution in [0.15, 0.2) is 63.4 Å². The van der Waals surface area contributed by atoms with Gasteiger partial charge in [0.1, 0.15) is 30.5 Å². The van der Waals surface area contributed by atoms with E-state index in [9.17, 15) is 4.79 Å². The van der Waals surface area contributed by atoms with Gasteiger partial charge in [0.25, 0.3) is 0 Å². The van der Waals surface area contributed by atoms with E-state index < -0.39 is 0 Å². The van der Waals surface area contributed by atoms with Gasteiger partial charge in [-0.3, -0.25) is 4.79 Å². The molecule has 0 bridgehead atoms. The van der Waals surface area contributed by atoms with Crippen LogP contribution in [0.4, 0.5) is 17.5 Å². The number of rotatable bonds is 8. The molecule has 11 nitrogen and oxygen atoms in total. The van der Waals surface area contributed by atoms with Crippen LogP contribution in [0.25, 0.3) is 27.2 Å². The lowest BCUT2D eigenvalue weighted by Crippen LogP contribution is -3.14. The molecule has 5 aromatic rings. The molecule has 0 amide bonds. The van der Waals surface area contributed by atoms with Crippen molar-refractivity contribution in [1.29, 1.82) is 0 Å². The van der Waals surface area contributed by atoms with E-state index in [4.69, 9.17) is 24.0 Å². The molecule has 2 aliphatic rings. The SMILES string of the molecule is Cc1nn(-c2ccnc(Nc3ccc(-c4csc5c(=O)cc(N6CCOCC6)oc45)cc3)n2)cc1C[NH+](C)C1COC1. The first-order chi connectivity index (χ1) is 20.5. The van der Waals surface area contributed by atoms with E-state index in [1.165, 1.54) is 21.8 Å². The number of anilines is 3. The van der Waals surface area contributed by atoms with Crippen LogP contribution in [0.3, 0.4) is 0 Å². The number of likely N-dealkylation sites (N-methyl/N-ethyl adjacent to an activating group) is 1. The largest absolute Gasteiger partial charge is 0.439 e. The monoisotopic (exact) mass is 586 g/mol. The van der Waals surface area contributed by atoms with Crippen LogP contribution < -0.4 is 20.5 Å². The number of aryl methyl sites for hydroxylation is 1. The van der Waals surface area contributed by atoms with E-state index in [1.54, 1.807) is 12.3 Å². The van der Waals surface area contributed by atoms with Crippen LogP contribution in [0.5, 0.6) is 0 Å². The van der Waals surface area contributed by atoms with Gasteiger partial charge in [-0.05, 0) is 24.6 Å². The lowest BCUT2D eigenvalue weighted by Gasteiger charge is -2.31. The van der Waals surface area contributed by atoms with Gasteiger partial charge in [0.15, 0.2) is 17.3 Å². The number of hydrogen-bond acceptors (Lipinski definition) is 10. The Morgan fingerprint density at radius 2 is 1.93 bits per heavy atom. The van der Waals surface area contributed by atoms with E-state index in [-0.39, 0.29) is 5.43 Å². The fourth-order valence-electron chi connectivity index (χ4n) is 5.22. The van der Waals surface area contributed by atoms with Crippen LogP contribution in [0, 0.1) is 6.92 Å². The molecule has 216 valence electrons. The van der Waals surface area contributed by atoms with Crippen molar-refractivity contribution < 1.29 is 18.8 Å². The van der Waals surface area contributed by atoms with Gasteiger partial charge in [0.05, 0.1) is 26.0 Å². The number of nitrogens with one attached hydrogen (secondary N) is 2. The zero-order valence-corrected chi connectivity index (χ0v) is 24.3. The van der Waals surface area contributed by atoms with E-state index in [2.05, 4.69) is 22.2 Å². The molecule has 0 aliphatic carbocycles. The number of aromatic nitrogens is 4. The van der Waals surface area contributed by atoms with Crippen LogP contribution in [0.2, 0.25) is 0 Å². The summed E-state index contributed by atoms with van der Waals surface area (Å²) in [4.78, 5) is 25.4. The minimum absolute atomic E-state index is 0.0231. The summed E-state index contributed by atoms with van der Waals surface area (Å²) >= 11 is 1.41. The zero-order chi connectivity index (χ0) is 28.6. The molecule has 0 spiro atoms. The molecule has 2 N–H and O–H groups in total. The highest BCUT2D eigenvalue weighted by atomic mass is 32.1. The first kappa shape index (κ1) is 26.8. The number of quaternary nitrogens is 1. The lowest BCUT2D eigenvalue weighted by molar-refractivity contribution is -0.929. The van der Waals surface area contributed by atoms with Crippen molar-refractivity contribution >= 4 is 39.1 Å². The average Bonchev–Trinajstić information content (AvgIpc) is 3.57. The molecule has 1 aromatic carbocycles. The van der Waals surface area contributed by atoms with E-state index in [0.29, 0.717) is 60.3 Å². The van der Waals surface area contributed by atoms with Crippen LogP contribution in [0.1, 0.15) is 11.3 Å². The van der Waals surface area contributed by atoms with Crippen molar-refractivity contribution in [2.45, 2.75) is 19.5 Å². The van der Waals surface area contributed by atoms with E-state index in [0.717, 1.165) is 42.3 Å². The van der Waals surface area contributed by atoms with Gasteiger partial charge in [-0.2, -0.15) is 10.1 Å². The van der Waals surface area contributed by atoms with Gasteiger partial charge >= 0.3 is 0 Å².